The number of rotatable bonds is 7. The molecule has 5 saturated heterocycles. The van der Waals surface area contributed by atoms with E-state index < -0.39 is 23.8 Å². The van der Waals surface area contributed by atoms with Crippen LogP contribution in [0, 0.1) is 17.9 Å². The number of carbonyl (C=O) groups is 5. The van der Waals surface area contributed by atoms with Gasteiger partial charge in [-0.15, -0.1) is 0 Å². The number of piperidine rings is 2. The Labute approximate surface area is 343 Å². The Hall–Kier alpha value is -5.45. The van der Waals surface area contributed by atoms with Crippen LogP contribution in [0.5, 0.6) is 0 Å². The van der Waals surface area contributed by atoms with Crippen LogP contribution in [0.15, 0.2) is 60.7 Å². The fourth-order valence-corrected chi connectivity index (χ4v) is 10.2. The number of imide groups is 2. The van der Waals surface area contributed by atoms with E-state index >= 15 is 0 Å². The van der Waals surface area contributed by atoms with Gasteiger partial charge in [0.1, 0.15) is 6.04 Å². The molecule has 1 spiro atoms. The van der Waals surface area contributed by atoms with Crippen molar-refractivity contribution in [2.45, 2.75) is 44.6 Å². The molecule has 0 saturated carbocycles. The lowest BCUT2D eigenvalue weighted by Crippen LogP contribution is -2.54. The van der Waals surface area contributed by atoms with Crippen LogP contribution >= 0.6 is 11.6 Å². The van der Waals surface area contributed by atoms with Crippen LogP contribution in [0.3, 0.4) is 0 Å². The Morgan fingerprint density at radius 2 is 1.45 bits per heavy atom. The van der Waals surface area contributed by atoms with E-state index in [2.05, 4.69) is 41.9 Å². The highest BCUT2D eigenvalue weighted by molar-refractivity contribution is 6.33. The van der Waals surface area contributed by atoms with Crippen LogP contribution in [-0.2, 0) is 9.59 Å². The van der Waals surface area contributed by atoms with Crippen molar-refractivity contribution in [1.82, 2.24) is 20.0 Å². The monoisotopic (exact) mass is 802 g/mol. The van der Waals surface area contributed by atoms with Crippen molar-refractivity contribution in [2.75, 3.05) is 86.7 Å². The van der Waals surface area contributed by atoms with Crippen molar-refractivity contribution in [2.24, 2.45) is 11.3 Å². The van der Waals surface area contributed by atoms with Crippen LogP contribution in [0.2, 0.25) is 5.02 Å². The highest BCUT2D eigenvalue weighted by Crippen LogP contribution is 2.43. The molecule has 6 aliphatic heterocycles. The first-order valence-electron chi connectivity index (χ1n) is 20.5. The van der Waals surface area contributed by atoms with Crippen molar-refractivity contribution in [3.05, 3.63) is 93.8 Å². The number of carbonyl (C=O) groups excluding carboxylic acids is 5. The van der Waals surface area contributed by atoms with Gasteiger partial charge >= 0.3 is 0 Å². The minimum absolute atomic E-state index is 0.0947. The fraction of sp³-hybridized carbons (Fsp3) is 0.455. The van der Waals surface area contributed by atoms with Gasteiger partial charge in [-0.25, -0.2) is 4.85 Å². The third-order valence-electron chi connectivity index (χ3n) is 13.4. The molecule has 58 heavy (non-hydrogen) atoms. The smallest absolute Gasteiger partial charge is 0.262 e. The van der Waals surface area contributed by atoms with Gasteiger partial charge in [-0.3, -0.25) is 39.1 Å². The fourth-order valence-electron chi connectivity index (χ4n) is 9.95. The second-order valence-corrected chi connectivity index (χ2v) is 17.2. The lowest BCUT2D eigenvalue weighted by atomic mass is 9.77. The summed E-state index contributed by atoms with van der Waals surface area (Å²) in [6.07, 6.45) is 4.32. The normalized spacial score (nSPS) is 23.5. The molecule has 2 atom stereocenters. The first-order valence-corrected chi connectivity index (χ1v) is 20.8. The molecule has 300 valence electrons. The molecule has 0 aromatic heterocycles. The third kappa shape index (κ3) is 7.17. The molecule has 5 fully saturated rings. The summed E-state index contributed by atoms with van der Waals surface area (Å²) in [5.41, 5.74) is 5.12. The summed E-state index contributed by atoms with van der Waals surface area (Å²) in [5, 5.41) is 2.75. The summed E-state index contributed by atoms with van der Waals surface area (Å²) in [7, 11) is 0. The molecule has 1 N–H and O–H groups in total. The van der Waals surface area contributed by atoms with Crippen LogP contribution in [0.4, 0.5) is 22.7 Å². The summed E-state index contributed by atoms with van der Waals surface area (Å²) in [6.45, 7) is 17.1. The molecule has 5 amide bonds. The number of likely N-dealkylation sites (tertiary alicyclic amines) is 1. The number of hydrogen-bond donors (Lipinski definition) is 1. The van der Waals surface area contributed by atoms with Gasteiger partial charge < -0.3 is 19.6 Å². The van der Waals surface area contributed by atoms with Gasteiger partial charge in [-0.1, -0.05) is 17.7 Å². The molecule has 0 aliphatic carbocycles. The standard InChI is InChI=1S/C44H47ClN8O5/c1-46-37-9-7-33(25-36(37)45)52-19-15-44(28-52)13-17-50(18-14-44)41(56)30-2-4-31(5-3-30)49-22-20-48(21-23-49)26-29-12-16-51(27-29)32-6-8-34-35(24-32)43(58)53(42(34)57)38-10-11-39(54)47-40(38)55/h2-9,24-25,29,38H,10-23,26-28H2,(H,47,54,55)/t29-,38?/m0/s1. The van der Waals surface area contributed by atoms with Crippen molar-refractivity contribution in [3.63, 3.8) is 0 Å². The van der Waals surface area contributed by atoms with Gasteiger partial charge in [-0.05, 0) is 98.0 Å². The third-order valence-corrected chi connectivity index (χ3v) is 13.7. The first-order chi connectivity index (χ1) is 28.1. The van der Waals surface area contributed by atoms with E-state index in [1.54, 1.807) is 18.2 Å². The number of halogens is 1. The lowest BCUT2D eigenvalue weighted by molar-refractivity contribution is -0.136. The van der Waals surface area contributed by atoms with E-state index in [0.717, 1.165) is 125 Å². The number of amides is 5. The second kappa shape index (κ2) is 15.4. The van der Waals surface area contributed by atoms with Crippen LogP contribution in [-0.4, -0.2) is 122 Å². The van der Waals surface area contributed by atoms with Gasteiger partial charge in [0.2, 0.25) is 17.5 Å². The average molecular weight is 803 g/mol. The lowest BCUT2D eigenvalue weighted by Gasteiger charge is -2.39. The topological polar surface area (TPSA) is 121 Å². The number of benzene rings is 3. The zero-order valence-corrected chi connectivity index (χ0v) is 33.3. The van der Waals surface area contributed by atoms with E-state index in [0.29, 0.717) is 27.8 Å². The largest absolute Gasteiger partial charge is 0.371 e. The maximum absolute atomic E-state index is 13.6. The van der Waals surface area contributed by atoms with Crippen LogP contribution in [0.25, 0.3) is 4.85 Å². The number of piperazine rings is 1. The minimum Gasteiger partial charge on any atom is -0.371 e. The van der Waals surface area contributed by atoms with Gasteiger partial charge in [0.15, 0.2) is 0 Å². The zero-order valence-electron chi connectivity index (χ0n) is 32.5. The zero-order chi connectivity index (χ0) is 40.1. The maximum atomic E-state index is 13.6. The molecule has 6 heterocycles. The van der Waals surface area contributed by atoms with E-state index in [1.165, 1.54) is 0 Å². The van der Waals surface area contributed by atoms with Gasteiger partial charge in [0, 0.05) is 106 Å². The molecule has 3 aromatic rings. The van der Waals surface area contributed by atoms with Crippen LogP contribution in [0.1, 0.15) is 69.6 Å². The Kier molecular flexibility index (Phi) is 10.1. The summed E-state index contributed by atoms with van der Waals surface area (Å²) >= 11 is 6.33. The molecule has 14 heteroatoms. The Morgan fingerprint density at radius 3 is 2.17 bits per heavy atom. The Balaban J connectivity index is 0.728. The molecular formula is C44H47ClN8O5. The highest BCUT2D eigenvalue weighted by atomic mass is 35.5. The van der Waals surface area contributed by atoms with Crippen molar-refractivity contribution < 1.29 is 24.0 Å². The summed E-state index contributed by atoms with van der Waals surface area (Å²) in [4.78, 5) is 80.2. The quantitative estimate of drug-likeness (QED) is 0.258. The summed E-state index contributed by atoms with van der Waals surface area (Å²) < 4.78 is 0. The highest BCUT2D eigenvalue weighted by Gasteiger charge is 2.45. The molecule has 3 aromatic carbocycles. The Morgan fingerprint density at radius 1 is 0.759 bits per heavy atom. The summed E-state index contributed by atoms with van der Waals surface area (Å²) in [6, 6.07) is 18.2. The van der Waals surface area contributed by atoms with E-state index in [-0.39, 0.29) is 30.1 Å². The molecular weight excluding hydrogens is 756 g/mol. The van der Waals surface area contributed by atoms with Crippen molar-refractivity contribution >= 4 is 63.9 Å². The second-order valence-electron chi connectivity index (χ2n) is 16.8. The first kappa shape index (κ1) is 38.1. The molecule has 6 aliphatic rings. The van der Waals surface area contributed by atoms with E-state index in [4.69, 9.17) is 18.2 Å². The number of nitrogens with one attached hydrogen (secondary N) is 1. The molecule has 1 unspecified atom stereocenters. The molecule has 13 nitrogen and oxygen atoms in total. The van der Waals surface area contributed by atoms with Crippen LogP contribution < -0.4 is 20.0 Å². The number of anilines is 3. The Bertz CT molecular complexity index is 2210. The number of fused-ring (bicyclic) bond motifs is 1. The van der Waals surface area contributed by atoms with Gasteiger partial charge in [-0.2, -0.15) is 0 Å². The predicted molar refractivity (Wildman–Crippen MR) is 221 cm³/mol. The SMILES string of the molecule is [C-]#[N+]c1ccc(N2CCC3(CCN(C(=O)c4ccc(N5CCN(C[C@@H]6CCN(c7ccc8c(c7)C(=O)N(C7CCC(=O)NC7=O)C8=O)C6)CC5)cc4)CC3)C2)cc1Cl. The maximum Gasteiger partial charge on any atom is 0.262 e. The molecule has 9 rings (SSSR count). The van der Waals surface area contributed by atoms with Crippen molar-refractivity contribution in [3.8, 4) is 0 Å². The average Bonchev–Trinajstić information content (AvgIpc) is 3.95. The number of hydrogen-bond acceptors (Lipinski definition) is 9. The van der Waals surface area contributed by atoms with E-state index in [1.807, 2.05) is 35.2 Å². The molecule has 0 bridgehead atoms. The summed E-state index contributed by atoms with van der Waals surface area (Å²) in [5.74, 6) is -1.38. The van der Waals surface area contributed by atoms with Gasteiger partial charge in [0.05, 0.1) is 17.7 Å². The minimum atomic E-state index is -0.970. The van der Waals surface area contributed by atoms with Crippen molar-refractivity contribution in [1.29, 1.82) is 0 Å². The number of nitrogens with zero attached hydrogens (tertiary/aromatic N) is 7. The van der Waals surface area contributed by atoms with E-state index in [9.17, 15) is 24.0 Å². The predicted octanol–water partition coefficient (Wildman–Crippen LogP) is 5.07. The molecule has 0 radical (unpaired) electrons. The van der Waals surface area contributed by atoms with Gasteiger partial charge in [0.25, 0.3) is 17.7 Å².